The van der Waals surface area contributed by atoms with Crippen molar-refractivity contribution in [2.45, 2.75) is 56.5 Å². The van der Waals surface area contributed by atoms with Crippen LogP contribution in [0.4, 0.5) is 0 Å². The fourth-order valence-electron chi connectivity index (χ4n) is 4.27. The molecule has 1 aliphatic heterocycles. The molecule has 0 saturated carbocycles. The molecule has 1 aromatic rings. The van der Waals surface area contributed by atoms with Crippen LogP contribution in [0.15, 0.2) is 30.3 Å². The molecular formula is C22H35Cl2N3O5. The first-order valence-electron chi connectivity index (χ1n) is 10.6. The Morgan fingerprint density at radius 1 is 1.16 bits per heavy atom. The highest BCUT2D eigenvalue weighted by Crippen LogP contribution is 2.32. The van der Waals surface area contributed by atoms with Crippen molar-refractivity contribution in [1.29, 1.82) is 0 Å². The van der Waals surface area contributed by atoms with E-state index < -0.39 is 41.8 Å². The number of ketones is 1. The van der Waals surface area contributed by atoms with Gasteiger partial charge in [-0.15, -0.1) is 24.8 Å². The lowest BCUT2D eigenvalue weighted by Gasteiger charge is -2.38. The Balaban J connectivity index is 0.00000480. The molecule has 1 aliphatic rings. The Hall–Kier alpha value is -1.71. The maximum absolute atomic E-state index is 13.5. The molecule has 2 unspecified atom stereocenters. The molecule has 1 heterocycles. The number of carboxylic acid groups (broad SMARTS) is 1. The lowest BCUT2D eigenvalue weighted by molar-refractivity contribution is -0.154. The van der Waals surface area contributed by atoms with Crippen LogP contribution in [0.25, 0.3) is 0 Å². The van der Waals surface area contributed by atoms with Crippen molar-refractivity contribution in [3.63, 3.8) is 0 Å². The van der Waals surface area contributed by atoms with E-state index in [0.29, 0.717) is 45.2 Å². The highest BCUT2D eigenvalue weighted by atomic mass is 35.5. The van der Waals surface area contributed by atoms with E-state index in [1.54, 1.807) is 0 Å². The summed E-state index contributed by atoms with van der Waals surface area (Å²) in [5.41, 5.74) is 11.5. The van der Waals surface area contributed by atoms with Crippen molar-refractivity contribution in [1.82, 2.24) is 4.90 Å². The Morgan fingerprint density at radius 3 is 2.38 bits per heavy atom. The zero-order chi connectivity index (χ0) is 22.1. The van der Waals surface area contributed by atoms with Gasteiger partial charge in [0.05, 0.1) is 12.0 Å². The number of benzene rings is 1. The number of carbonyl (C=O) groups is 3. The van der Waals surface area contributed by atoms with E-state index in [2.05, 4.69) is 0 Å². The van der Waals surface area contributed by atoms with Crippen molar-refractivity contribution < 1.29 is 24.6 Å². The third-order valence-electron chi connectivity index (χ3n) is 5.97. The molecule has 10 heteroatoms. The predicted octanol–water partition coefficient (Wildman–Crippen LogP) is 1.54. The number of likely N-dealkylation sites (tertiary alicyclic amines) is 1. The average Bonchev–Trinajstić information content (AvgIpc) is 3.23. The van der Waals surface area contributed by atoms with Gasteiger partial charge in [-0.2, -0.15) is 0 Å². The SMILES string of the molecule is Cl.Cl.NCCCC[C@@](N)(C(=O)N1CCCC1C(=O)CO)C(CCc1ccccc1)C(=O)O. The molecule has 0 radical (unpaired) electrons. The summed E-state index contributed by atoms with van der Waals surface area (Å²) in [4.78, 5) is 39.2. The summed E-state index contributed by atoms with van der Waals surface area (Å²) in [6.45, 7) is 0.0903. The maximum Gasteiger partial charge on any atom is 0.308 e. The molecule has 0 aromatic heterocycles. The minimum absolute atomic E-state index is 0. The lowest BCUT2D eigenvalue weighted by Crippen LogP contribution is -2.63. The van der Waals surface area contributed by atoms with Crippen molar-refractivity contribution in [3.05, 3.63) is 35.9 Å². The number of amides is 1. The Kier molecular flexibility index (Phi) is 13.7. The fraction of sp³-hybridized carbons (Fsp3) is 0.591. The molecule has 6 N–H and O–H groups in total. The van der Waals surface area contributed by atoms with Crippen LogP contribution in [0.3, 0.4) is 0 Å². The lowest BCUT2D eigenvalue weighted by atomic mass is 9.76. The number of unbranched alkanes of at least 4 members (excludes halogenated alkanes) is 1. The second-order valence-electron chi connectivity index (χ2n) is 7.98. The van der Waals surface area contributed by atoms with E-state index in [-0.39, 0.29) is 37.7 Å². The van der Waals surface area contributed by atoms with Crippen LogP contribution < -0.4 is 11.5 Å². The summed E-state index contributed by atoms with van der Waals surface area (Å²) in [7, 11) is 0. The van der Waals surface area contributed by atoms with Crippen LogP contribution in [-0.2, 0) is 20.8 Å². The van der Waals surface area contributed by atoms with E-state index in [1.807, 2.05) is 30.3 Å². The van der Waals surface area contributed by atoms with Gasteiger partial charge in [0.2, 0.25) is 5.91 Å². The van der Waals surface area contributed by atoms with Crippen molar-refractivity contribution in [3.8, 4) is 0 Å². The number of halogens is 2. The smallest absolute Gasteiger partial charge is 0.308 e. The normalized spacial score (nSPS) is 18.1. The Morgan fingerprint density at radius 2 is 1.81 bits per heavy atom. The molecular weight excluding hydrogens is 457 g/mol. The number of hydrogen-bond acceptors (Lipinski definition) is 6. The predicted molar refractivity (Wildman–Crippen MR) is 127 cm³/mol. The number of carboxylic acids is 1. The fourth-order valence-corrected chi connectivity index (χ4v) is 4.27. The van der Waals surface area contributed by atoms with Crippen LogP contribution in [0.5, 0.6) is 0 Å². The summed E-state index contributed by atoms with van der Waals surface area (Å²) in [5, 5.41) is 19.2. The van der Waals surface area contributed by atoms with Gasteiger partial charge < -0.3 is 26.6 Å². The van der Waals surface area contributed by atoms with E-state index in [1.165, 1.54) is 4.90 Å². The van der Waals surface area contributed by atoms with Crippen molar-refractivity contribution in [2.24, 2.45) is 17.4 Å². The standard InChI is InChI=1S/C22H33N3O5.2ClH/c23-13-5-4-12-22(24,21(30)25-14-6-9-18(25)19(27)15-26)17(20(28)29)11-10-16-7-2-1-3-8-16;;/h1-3,7-8,17-18,26H,4-6,9-15,23-24H2,(H,28,29);2*1H/t17?,18?,22-;;/m0../s1. The first kappa shape index (κ1) is 30.3. The van der Waals surface area contributed by atoms with Gasteiger partial charge in [-0.3, -0.25) is 14.4 Å². The molecule has 182 valence electrons. The highest BCUT2D eigenvalue weighted by Gasteiger charge is 2.50. The molecule has 1 fully saturated rings. The summed E-state index contributed by atoms with van der Waals surface area (Å²) < 4.78 is 0. The van der Waals surface area contributed by atoms with E-state index in [0.717, 1.165) is 5.56 Å². The van der Waals surface area contributed by atoms with E-state index in [4.69, 9.17) is 11.5 Å². The number of aliphatic hydroxyl groups excluding tert-OH is 1. The minimum Gasteiger partial charge on any atom is -0.481 e. The number of carbonyl (C=O) groups excluding carboxylic acids is 2. The van der Waals surface area contributed by atoms with Gasteiger partial charge in [0.15, 0.2) is 5.78 Å². The minimum atomic E-state index is -1.64. The number of aliphatic hydroxyl groups is 1. The first-order valence-corrected chi connectivity index (χ1v) is 10.6. The second kappa shape index (κ2) is 14.4. The average molecular weight is 492 g/mol. The van der Waals surface area contributed by atoms with Gasteiger partial charge in [0.1, 0.15) is 12.1 Å². The highest BCUT2D eigenvalue weighted by molar-refractivity contribution is 5.96. The molecule has 1 amide bonds. The monoisotopic (exact) mass is 491 g/mol. The van der Waals surface area contributed by atoms with Gasteiger partial charge in [0, 0.05) is 6.54 Å². The number of nitrogens with two attached hydrogens (primary N) is 2. The number of nitrogens with zero attached hydrogens (tertiary/aromatic N) is 1. The summed E-state index contributed by atoms with van der Waals surface area (Å²) >= 11 is 0. The topological polar surface area (TPSA) is 147 Å². The van der Waals surface area contributed by atoms with Gasteiger partial charge in [0.25, 0.3) is 0 Å². The molecule has 0 bridgehead atoms. The van der Waals surface area contributed by atoms with Gasteiger partial charge in [-0.1, -0.05) is 30.3 Å². The Labute approximate surface area is 201 Å². The molecule has 1 saturated heterocycles. The quantitative estimate of drug-likeness (QED) is 0.324. The van der Waals surface area contributed by atoms with Crippen molar-refractivity contribution >= 4 is 42.5 Å². The molecule has 1 aromatic carbocycles. The van der Waals surface area contributed by atoms with Crippen LogP contribution in [-0.4, -0.2) is 64.0 Å². The van der Waals surface area contributed by atoms with Crippen LogP contribution in [0.2, 0.25) is 0 Å². The number of aryl methyl sites for hydroxylation is 1. The zero-order valence-corrected chi connectivity index (χ0v) is 19.8. The van der Waals surface area contributed by atoms with E-state index >= 15 is 0 Å². The summed E-state index contributed by atoms with van der Waals surface area (Å²) in [5.74, 6) is -3.20. The second-order valence-corrected chi connectivity index (χ2v) is 7.98. The molecule has 32 heavy (non-hydrogen) atoms. The van der Waals surface area contributed by atoms with Crippen LogP contribution >= 0.6 is 24.8 Å². The molecule has 0 aliphatic carbocycles. The summed E-state index contributed by atoms with van der Waals surface area (Å²) in [6.07, 6.45) is 3.05. The third-order valence-corrected chi connectivity index (χ3v) is 5.97. The number of Topliss-reactive ketones (excluding diaryl/α,β-unsaturated/α-hetero) is 1. The number of rotatable bonds is 12. The van der Waals surface area contributed by atoms with Gasteiger partial charge >= 0.3 is 5.97 Å². The summed E-state index contributed by atoms with van der Waals surface area (Å²) in [6, 6.07) is 8.70. The molecule has 0 spiro atoms. The van der Waals surface area contributed by atoms with Crippen molar-refractivity contribution in [2.75, 3.05) is 19.7 Å². The molecule has 3 atom stereocenters. The maximum atomic E-state index is 13.5. The molecule has 2 rings (SSSR count). The van der Waals surface area contributed by atoms with Gasteiger partial charge in [-0.05, 0) is 57.1 Å². The number of hydrogen-bond donors (Lipinski definition) is 4. The van der Waals surface area contributed by atoms with E-state index in [9.17, 15) is 24.6 Å². The largest absolute Gasteiger partial charge is 0.481 e. The number of aliphatic carboxylic acids is 1. The first-order chi connectivity index (χ1) is 14.3. The van der Waals surface area contributed by atoms with Gasteiger partial charge in [-0.25, -0.2) is 0 Å². The van der Waals surface area contributed by atoms with Crippen LogP contribution in [0, 0.1) is 5.92 Å². The Bertz CT molecular complexity index is 738. The molecule has 8 nitrogen and oxygen atoms in total. The zero-order valence-electron chi connectivity index (χ0n) is 18.2. The third kappa shape index (κ3) is 7.42. The van der Waals surface area contributed by atoms with Crippen LogP contribution in [0.1, 0.15) is 44.1 Å².